The molecule has 1 unspecified atom stereocenters. The number of aromatic nitrogens is 1. The quantitative estimate of drug-likeness (QED) is 0.890. The highest BCUT2D eigenvalue weighted by Crippen LogP contribution is 2.22. The third kappa shape index (κ3) is 3.36. The molecule has 5 nitrogen and oxygen atoms in total. The van der Waals surface area contributed by atoms with E-state index in [-0.39, 0.29) is 10.9 Å². The van der Waals surface area contributed by atoms with Gasteiger partial charge in [-0.15, -0.1) is 11.3 Å². The molecule has 1 aromatic heterocycles. The van der Waals surface area contributed by atoms with Crippen LogP contribution in [-0.4, -0.2) is 20.4 Å². The zero-order chi connectivity index (χ0) is 14.8. The molecule has 0 saturated carbocycles. The van der Waals surface area contributed by atoms with Crippen molar-refractivity contribution in [3.05, 3.63) is 40.3 Å². The summed E-state index contributed by atoms with van der Waals surface area (Å²) in [5.74, 6) is 0. The number of benzene rings is 1. The molecule has 2 N–H and O–H groups in total. The maximum atomic E-state index is 11.8. The fourth-order valence-corrected chi connectivity index (χ4v) is 3.26. The van der Waals surface area contributed by atoms with E-state index in [0.717, 1.165) is 16.4 Å². The molecule has 0 aliphatic rings. The van der Waals surface area contributed by atoms with Gasteiger partial charge in [0.25, 0.3) is 0 Å². The van der Waals surface area contributed by atoms with Crippen LogP contribution in [0.1, 0.15) is 23.7 Å². The Morgan fingerprint density at radius 3 is 2.70 bits per heavy atom. The van der Waals surface area contributed by atoms with Crippen LogP contribution in [0.5, 0.6) is 0 Å². The summed E-state index contributed by atoms with van der Waals surface area (Å²) in [6.45, 7) is 3.95. The number of nitrogens with one attached hydrogen (secondary N) is 2. The van der Waals surface area contributed by atoms with E-state index in [0.29, 0.717) is 0 Å². The number of rotatable bonds is 5. The normalized spacial score (nSPS) is 13.2. The van der Waals surface area contributed by atoms with E-state index < -0.39 is 10.0 Å². The zero-order valence-electron chi connectivity index (χ0n) is 11.5. The van der Waals surface area contributed by atoms with Crippen molar-refractivity contribution in [1.29, 1.82) is 0 Å². The van der Waals surface area contributed by atoms with E-state index >= 15 is 0 Å². The summed E-state index contributed by atoms with van der Waals surface area (Å²) in [5.41, 5.74) is 1.70. The Balaban J connectivity index is 2.20. The molecule has 0 amide bonds. The van der Waals surface area contributed by atoms with Crippen LogP contribution in [-0.2, 0) is 10.0 Å². The van der Waals surface area contributed by atoms with E-state index in [4.69, 9.17) is 0 Å². The lowest BCUT2D eigenvalue weighted by molar-refractivity contribution is 0.588. The summed E-state index contributed by atoms with van der Waals surface area (Å²) in [7, 11) is -2.02. The van der Waals surface area contributed by atoms with Crippen molar-refractivity contribution in [3.8, 4) is 0 Å². The number of nitrogens with zero attached hydrogens (tertiary/aromatic N) is 1. The molecule has 0 spiro atoms. The molecule has 2 aromatic rings. The first-order chi connectivity index (χ1) is 9.42. The van der Waals surface area contributed by atoms with Crippen LogP contribution in [0.3, 0.4) is 0 Å². The standard InChI is InChI=1S/C13H17N3O2S2/c1-9(13-8-19-10(2)16-13)15-11-5-4-6-12(7-11)20(17,18)14-3/h4-9,14-15H,1-3H3. The molecule has 0 bridgehead atoms. The minimum absolute atomic E-state index is 0.0208. The monoisotopic (exact) mass is 311 g/mol. The lowest BCUT2D eigenvalue weighted by Gasteiger charge is -2.14. The van der Waals surface area contributed by atoms with Crippen LogP contribution in [0.25, 0.3) is 0 Å². The molecule has 108 valence electrons. The highest BCUT2D eigenvalue weighted by Gasteiger charge is 2.13. The second-order valence-electron chi connectivity index (χ2n) is 4.39. The Bertz CT molecular complexity index is 695. The van der Waals surface area contributed by atoms with Gasteiger partial charge in [-0.2, -0.15) is 0 Å². The maximum absolute atomic E-state index is 11.8. The molecule has 0 saturated heterocycles. The third-order valence-corrected chi connectivity index (χ3v) is 5.08. The highest BCUT2D eigenvalue weighted by molar-refractivity contribution is 7.89. The van der Waals surface area contributed by atoms with E-state index in [1.54, 1.807) is 29.5 Å². The zero-order valence-corrected chi connectivity index (χ0v) is 13.2. The Kier molecular flexibility index (Phi) is 4.42. The fraction of sp³-hybridized carbons (Fsp3) is 0.308. The first kappa shape index (κ1) is 15.0. The fourth-order valence-electron chi connectivity index (χ4n) is 1.77. The summed E-state index contributed by atoms with van der Waals surface area (Å²) in [5, 5.41) is 6.28. The average molecular weight is 311 g/mol. The largest absolute Gasteiger partial charge is 0.377 e. The van der Waals surface area contributed by atoms with Crippen molar-refractivity contribution in [2.75, 3.05) is 12.4 Å². The van der Waals surface area contributed by atoms with Crippen LogP contribution >= 0.6 is 11.3 Å². The molecule has 1 atom stereocenters. The van der Waals surface area contributed by atoms with Gasteiger partial charge in [-0.1, -0.05) is 6.07 Å². The number of hydrogen-bond acceptors (Lipinski definition) is 5. The molecule has 0 aliphatic heterocycles. The molecule has 7 heteroatoms. The summed E-state index contributed by atoms with van der Waals surface area (Å²) in [4.78, 5) is 4.66. The number of hydrogen-bond donors (Lipinski definition) is 2. The van der Waals surface area contributed by atoms with Gasteiger partial charge in [0.15, 0.2) is 0 Å². The molecule has 0 aliphatic carbocycles. The smallest absolute Gasteiger partial charge is 0.240 e. The molecule has 2 rings (SSSR count). The highest BCUT2D eigenvalue weighted by atomic mass is 32.2. The van der Waals surface area contributed by atoms with Crippen LogP contribution in [0.2, 0.25) is 0 Å². The molecule has 1 heterocycles. The van der Waals surface area contributed by atoms with Crippen LogP contribution < -0.4 is 10.0 Å². The predicted octanol–water partition coefficient (Wildman–Crippen LogP) is 2.53. The average Bonchev–Trinajstić information content (AvgIpc) is 2.86. The van der Waals surface area contributed by atoms with Crippen molar-refractivity contribution >= 4 is 27.0 Å². The Morgan fingerprint density at radius 1 is 1.35 bits per heavy atom. The Hall–Kier alpha value is -1.44. The van der Waals surface area contributed by atoms with E-state index in [1.807, 2.05) is 25.3 Å². The van der Waals surface area contributed by atoms with Gasteiger partial charge in [-0.05, 0) is 39.1 Å². The topological polar surface area (TPSA) is 71.1 Å². The minimum Gasteiger partial charge on any atom is -0.377 e. The van der Waals surface area contributed by atoms with Crippen molar-refractivity contribution in [3.63, 3.8) is 0 Å². The SMILES string of the molecule is CNS(=O)(=O)c1cccc(NC(C)c2csc(C)n2)c1. The van der Waals surface area contributed by atoms with Gasteiger partial charge in [0.2, 0.25) is 10.0 Å². The van der Waals surface area contributed by atoms with Gasteiger partial charge in [-0.25, -0.2) is 18.1 Å². The summed E-state index contributed by atoms with van der Waals surface area (Å²) in [6, 6.07) is 6.75. The van der Waals surface area contributed by atoms with Crippen LogP contribution in [0, 0.1) is 6.92 Å². The number of anilines is 1. The lowest BCUT2D eigenvalue weighted by atomic mass is 10.2. The summed E-state index contributed by atoms with van der Waals surface area (Å²) in [6.07, 6.45) is 0. The van der Waals surface area contributed by atoms with Gasteiger partial charge >= 0.3 is 0 Å². The van der Waals surface area contributed by atoms with Gasteiger partial charge in [0, 0.05) is 11.1 Å². The first-order valence-electron chi connectivity index (χ1n) is 6.14. The summed E-state index contributed by atoms with van der Waals surface area (Å²) >= 11 is 1.60. The molecular weight excluding hydrogens is 294 g/mol. The molecular formula is C13H17N3O2S2. The maximum Gasteiger partial charge on any atom is 0.240 e. The van der Waals surface area contributed by atoms with Gasteiger partial charge in [0.05, 0.1) is 21.6 Å². The molecule has 0 fully saturated rings. The number of thiazole rings is 1. The van der Waals surface area contributed by atoms with Crippen LogP contribution in [0.4, 0.5) is 5.69 Å². The lowest BCUT2D eigenvalue weighted by Crippen LogP contribution is -2.18. The van der Waals surface area contributed by atoms with E-state index in [9.17, 15) is 8.42 Å². The first-order valence-corrected chi connectivity index (χ1v) is 8.51. The Labute approximate surface area is 123 Å². The molecule has 0 radical (unpaired) electrons. The van der Waals surface area contributed by atoms with E-state index in [2.05, 4.69) is 15.0 Å². The van der Waals surface area contributed by atoms with Gasteiger partial charge in [-0.3, -0.25) is 0 Å². The predicted molar refractivity (Wildman–Crippen MR) is 81.6 cm³/mol. The minimum atomic E-state index is -3.42. The number of sulfonamides is 1. The second-order valence-corrected chi connectivity index (χ2v) is 7.34. The van der Waals surface area contributed by atoms with Crippen molar-refractivity contribution in [2.45, 2.75) is 24.8 Å². The molecule has 20 heavy (non-hydrogen) atoms. The second kappa shape index (κ2) is 5.90. The number of aryl methyl sites for hydroxylation is 1. The van der Waals surface area contributed by atoms with Crippen molar-refractivity contribution in [1.82, 2.24) is 9.71 Å². The van der Waals surface area contributed by atoms with Crippen molar-refractivity contribution in [2.24, 2.45) is 0 Å². The molecule has 1 aromatic carbocycles. The van der Waals surface area contributed by atoms with Gasteiger partial charge in [0.1, 0.15) is 0 Å². The summed E-state index contributed by atoms with van der Waals surface area (Å²) < 4.78 is 25.8. The van der Waals surface area contributed by atoms with Crippen LogP contribution in [0.15, 0.2) is 34.5 Å². The van der Waals surface area contributed by atoms with E-state index in [1.165, 1.54) is 7.05 Å². The Morgan fingerprint density at radius 2 is 2.10 bits per heavy atom. The van der Waals surface area contributed by atoms with Crippen molar-refractivity contribution < 1.29 is 8.42 Å². The third-order valence-electron chi connectivity index (χ3n) is 2.88. The van der Waals surface area contributed by atoms with Gasteiger partial charge < -0.3 is 5.32 Å².